The summed E-state index contributed by atoms with van der Waals surface area (Å²) in [5.74, 6) is -0.738. The van der Waals surface area contributed by atoms with E-state index in [1.165, 1.54) is 24.3 Å². The van der Waals surface area contributed by atoms with Crippen LogP contribution in [0.15, 0.2) is 24.3 Å². The maximum atomic E-state index is 11.6. The number of anilines is 1. The first-order valence-electron chi connectivity index (χ1n) is 6.22. The van der Waals surface area contributed by atoms with Crippen molar-refractivity contribution >= 4 is 11.7 Å². The van der Waals surface area contributed by atoms with Crippen molar-refractivity contribution in [2.45, 2.75) is 24.4 Å². The number of ether oxygens (including phenoxy) is 1. The van der Waals surface area contributed by atoms with Gasteiger partial charge >= 0.3 is 5.97 Å². The summed E-state index contributed by atoms with van der Waals surface area (Å²) in [4.78, 5) is 11.6. The maximum Gasteiger partial charge on any atom is 0.338 e. The molecule has 0 heterocycles. The van der Waals surface area contributed by atoms with Gasteiger partial charge in [0.25, 0.3) is 0 Å². The number of nitrogens with two attached hydrogens (primary N) is 1. The Labute approximate surface area is 121 Å². The van der Waals surface area contributed by atoms with Gasteiger partial charge < -0.3 is 36.0 Å². The molecular weight excluding hydrogens is 282 g/mol. The molecule has 0 aliphatic rings. The zero-order valence-electron chi connectivity index (χ0n) is 11.2. The van der Waals surface area contributed by atoms with Crippen LogP contribution in [0.1, 0.15) is 10.4 Å². The first-order chi connectivity index (χ1) is 9.86. The summed E-state index contributed by atoms with van der Waals surface area (Å²) in [6.45, 7) is -1.37. The van der Waals surface area contributed by atoms with E-state index in [0.29, 0.717) is 5.69 Å². The Balaban J connectivity index is 2.50. The SMILES string of the molecule is Nc1ccc(C(=O)OC[C@H](O)[C@@H](O)[C@H](O)[C@H](O)CO)cc1. The van der Waals surface area contributed by atoms with Gasteiger partial charge in [0.1, 0.15) is 31.0 Å². The quantitative estimate of drug-likeness (QED) is 0.246. The molecule has 0 aromatic heterocycles. The van der Waals surface area contributed by atoms with E-state index < -0.39 is 43.6 Å². The van der Waals surface area contributed by atoms with Crippen LogP contribution in [0.3, 0.4) is 0 Å². The number of benzene rings is 1. The van der Waals surface area contributed by atoms with E-state index >= 15 is 0 Å². The number of aliphatic hydroxyl groups excluding tert-OH is 5. The Kier molecular flexibility index (Phi) is 6.53. The summed E-state index contributed by atoms with van der Waals surface area (Å²) in [7, 11) is 0. The van der Waals surface area contributed by atoms with Gasteiger partial charge in [-0.1, -0.05) is 0 Å². The average molecular weight is 301 g/mol. The van der Waals surface area contributed by atoms with Crippen LogP contribution in [0.4, 0.5) is 5.69 Å². The van der Waals surface area contributed by atoms with Crippen LogP contribution >= 0.6 is 0 Å². The van der Waals surface area contributed by atoms with Crippen LogP contribution in [0, 0.1) is 0 Å². The molecule has 0 spiro atoms. The number of rotatable bonds is 7. The van der Waals surface area contributed by atoms with E-state index in [-0.39, 0.29) is 5.56 Å². The second-order valence-corrected chi connectivity index (χ2v) is 4.52. The fourth-order valence-corrected chi connectivity index (χ4v) is 1.53. The summed E-state index contributed by atoms with van der Waals surface area (Å²) in [5, 5.41) is 46.3. The van der Waals surface area contributed by atoms with Crippen molar-refractivity contribution in [1.82, 2.24) is 0 Å². The predicted molar refractivity (Wildman–Crippen MR) is 72.2 cm³/mol. The molecule has 1 rings (SSSR count). The van der Waals surface area contributed by atoms with Crippen LogP contribution in [-0.4, -0.2) is 69.1 Å². The standard InChI is InChI=1S/C13H19NO7/c14-8-3-1-7(2-4-8)13(20)21-6-10(17)12(19)11(18)9(16)5-15/h1-4,9-12,15-19H,5-6,14H2/t9-,10+,11-,12-/m1/s1. The smallest absolute Gasteiger partial charge is 0.338 e. The van der Waals surface area contributed by atoms with Crippen molar-refractivity contribution in [3.8, 4) is 0 Å². The highest BCUT2D eigenvalue weighted by Gasteiger charge is 2.30. The van der Waals surface area contributed by atoms with Crippen LogP contribution < -0.4 is 5.73 Å². The van der Waals surface area contributed by atoms with Crippen molar-refractivity contribution in [2.75, 3.05) is 18.9 Å². The molecule has 0 aliphatic heterocycles. The Morgan fingerprint density at radius 3 is 2.10 bits per heavy atom. The number of carbonyl (C=O) groups excluding carboxylic acids is 1. The molecule has 21 heavy (non-hydrogen) atoms. The number of esters is 1. The van der Waals surface area contributed by atoms with Gasteiger partial charge in [-0.2, -0.15) is 0 Å². The highest BCUT2D eigenvalue weighted by Crippen LogP contribution is 2.09. The molecule has 0 radical (unpaired) electrons. The summed E-state index contributed by atoms with van der Waals surface area (Å²) in [6, 6.07) is 5.88. The third-order valence-electron chi connectivity index (χ3n) is 2.86. The van der Waals surface area contributed by atoms with E-state index in [0.717, 1.165) is 0 Å². The second kappa shape index (κ2) is 7.91. The van der Waals surface area contributed by atoms with Gasteiger partial charge in [-0.3, -0.25) is 0 Å². The maximum absolute atomic E-state index is 11.6. The van der Waals surface area contributed by atoms with E-state index in [1.54, 1.807) is 0 Å². The third kappa shape index (κ3) is 4.96. The number of carbonyl (C=O) groups is 1. The average Bonchev–Trinajstić information content (AvgIpc) is 2.50. The molecule has 8 heteroatoms. The summed E-state index contributed by atoms with van der Waals surface area (Å²) < 4.78 is 4.77. The fraction of sp³-hybridized carbons (Fsp3) is 0.462. The highest BCUT2D eigenvalue weighted by atomic mass is 16.5. The van der Waals surface area contributed by atoms with Crippen LogP contribution in [0.25, 0.3) is 0 Å². The van der Waals surface area contributed by atoms with Gasteiger partial charge in [0, 0.05) is 5.69 Å². The van der Waals surface area contributed by atoms with Crippen LogP contribution in [-0.2, 0) is 4.74 Å². The van der Waals surface area contributed by atoms with Gasteiger partial charge in [-0.25, -0.2) is 4.79 Å². The molecule has 0 aliphatic carbocycles. The van der Waals surface area contributed by atoms with E-state index in [1.807, 2.05) is 0 Å². The van der Waals surface area contributed by atoms with E-state index in [2.05, 4.69) is 0 Å². The number of nitrogen functional groups attached to an aromatic ring is 1. The lowest BCUT2D eigenvalue weighted by atomic mass is 10.0. The molecule has 8 nitrogen and oxygen atoms in total. The van der Waals surface area contributed by atoms with Crippen molar-refractivity contribution in [3.63, 3.8) is 0 Å². The Hall–Kier alpha value is -1.71. The van der Waals surface area contributed by atoms with Crippen LogP contribution in [0.2, 0.25) is 0 Å². The molecule has 0 saturated heterocycles. The number of aliphatic hydroxyl groups is 5. The molecule has 0 fully saturated rings. The number of hydrogen-bond acceptors (Lipinski definition) is 8. The van der Waals surface area contributed by atoms with Gasteiger partial charge in [0.15, 0.2) is 0 Å². The summed E-state index contributed by atoms with van der Waals surface area (Å²) >= 11 is 0. The molecule has 118 valence electrons. The Morgan fingerprint density at radius 1 is 1.05 bits per heavy atom. The molecular formula is C13H19NO7. The molecule has 1 aromatic rings. The molecule has 0 saturated carbocycles. The van der Waals surface area contributed by atoms with E-state index in [4.69, 9.17) is 20.7 Å². The highest BCUT2D eigenvalue weighted by molar-refractivity contribution is 5.89. The molecule has 1 aromatic carbocycles. The minimum Gasteiger partial charge on any atom is -0.459 e. The molecule has 4 atom stereocenters. The van der Waals surface area contributed by atoms with Crippen molar-refractivity contribution < 1.29 is 35.1 Å². The summed E-state index contributed by atoms with van der Waals surface area (Å²) in [6.07, 6.45) is -6.76. The molecule has 7 N–H and O–H groups in total. The van der Waals surface area contributed by atoms with Crippen LogP contribution in [0.5, 0.6) is 0 Å². The fourth-order valence-electron chi connectivity index (χ4n) is 1.53. The van der Waals surface area contributed by atoms with E-state index in [9.17, 15) is 20.1 Å². The normalized spacial score (nSPS) is 16.8. The second-order valence-electron chi connectivity index (χ2n) is 4.52. The first-order valence-corrected chi connectivity index (χ1v) is 6.22. The topological polar surface area (TPSA) is 153 Å². The lowest BCUT2D eigenvalue weighted by Gasteiger charge is -2.25. The van der Waals surface area contributed by atoms with Gasteiger partial charge in [0.2, 0.25) is 0 Å². The Bertz CT molecular complexity index is 450. The Morgan fingerprint density at radius 2 is 1.57 bits per heavy atom. The van der Waals surface area contributed by atoms with Crippen molar-refractivity contribution in [2.24, 2.45) is 0 Å². The lowest BCUT2D eigenvalue weighted by Crippen LogP contribution is -2.47. The lowest BCUT2D eigenvalue weighted by molar-refractivity contribution is -0.124. The van der Waals surface area contributed by atoms with Crippen molar-refractivity contribution in [1.29, 1.82) is 0 Å². The predicted octanol–water partition coefficient (Wildman–Crippen LogP) is -2.14. The monoisotopic (exact) mass is 301 g/mol. The zero-order valence-corrected chi connectivity index (χ0v) is 11.2. The number of hydrogen-bond donors (Lipinski definition) is 6. The largest absolute Gasteiger partial charge is 0.459 e. The van der Waals surface area contributed by atoms with Gasteiger partial charge in [-0.15, -0.1) is 0 Å². The molecule has 0 bridgehead atoms. The zero-order chi connectivity index (χ0) is 16.0. The minimum absolute atomic E-state index is 0.210. The van der Waals surface area contributed by atoms with Crippen molar-refractivity contribution in [3.05, 3.63) is 29.8 Å². The van der Waals surface area contributed by atoms with Gasteiger partial charge in [0.05, 0.1) is 12.2 Å². The third-order valence-corrected chi connectivity index (χ3v) is 2.86. The first kappa shape index (κ1) is 17.3. The van der Waals surface area contributed by atoms with Gasteiger partial charge in [-0.05, 0) is 24.3 Å². The molecule has 0 unspecified atom stereocenters. The minimum atomic E-state index is -1.77. The molecule has 0 amide bonds. The summed E-state index contributed by atoms with van der Waals surface area (Å²) in [5.41, 5.74) is 6.15.